The molecule has 0 radical (unpaired) electrons. The second-order valence-electron chi connectivity index (χ2n) is 15.0. The fourth-order valence-corrected chi connectivity index (χ4v) is 8.60. The summed E-state index contributed by atoms with van der Waals surface area (Å²) in [5.74, 6) is -0.420. The number of benzene rings is 5. The summed E-state index contributed by atoms with van der Waals surface area (Å²) in [6.07, 6.45) is 0.0599. The van der Waals surface area contributed by atoms with Gasteiger partial charge < -0.3 is 19.9 Å². The maximum absolute atomic E-state index is 13.6. The van der Waals surface area contributed by atoms with Gasteiger partial charge >= 0.3 is 0 Å². The van der Waals surface area contributed by atoms with Crippen LogP contribution in [-0.4, -0.2) is 74.1 Å². The van der Waals surface area contributed by atoms with Crippen LogP contribution in [0.5, 0.6) is 0 Å². The molecule has 5 aromatic carbocycles. The lowest BCUT2D eigenvalue weighted by atomic mass is 9.99. The van der Waals surface area contributed by atoms with E-state index in [4.69, 9.17) is 9.47 Å². The summed E-state index contributed by atoms with van der Waals surface area (Å²) in [7, 11) is -3.95. The second-order valence-corrected chi connectivity index (χ2v) is 16.8. The SMILES string of the molecule is Cc1ccc(S(=O)(=O)N[C@H](Cc2ccccc2)C(=O)NCc2ccc([C@@H]3O[C@H](CN4CCN(Cc5ccccc5)CC4)C[C@H](c4ccc(CO)cc4)O3)cc2)cc1. The van der Waals surface area contributed by atoms with Crippen molar-refractivity contribution in [3.8, 4) is 0 Å². The van der Waals surface area contributed by atoms with Crippen LogP contribution in [0.2, 0.25) is 0 Å². The molecule has 4 atom stereocenters. The monoisotopic (exact) mass is 788 g/mol. The van der Waals surface area contributed by atoms with Gasteiger partial charge in [-0.25, -0.2) is 8.42 Å². The Labute approximate surface area is 336 Å². The third-order valence-corrected chi connectivity index (χ3v) is 12.2. The Kier molecular flexibility index (Phi) is 13.6. The van der Waals surface area contributed by atoms with E-state index in [0.29, 0.717) is 6.42 Å². The zero-order valence-electron chi connectivity index (χ0n) is 32.4. The highest BCUT2D eigenvalue weighted by molar-refractivity contribution is 7.89. The molecule has 7 rings (SSSR count). The van der Waals surface area contributed by atoms with E-state index in [2.05, 4.69) is 50.2 Å². The van der Waals surface area contributed by atoms with Crippen LogP contribution in [-0.2, 0) is 50.4 Å². The quantitative estimate of drug-likeness (QED) is 0.117. The Balaban J connectivity index is 0.999. The highest BCUT2D eigenvalue weighted by Gasteiger charge is 2.34. The van der Waals surface area contributed by atoms with Gasteiger partial charge in [-0.3, -0.25) is 14.6 Å². The van der Waals surface area contributed by atoms with E-state index in [0.717, 1.165) is 72.6 Å². The van der Waals surface area contributed by atoms with Crippen molar-refractivity contribution in [3.63, 3.8) is 0 Å². The standard InChI is InChI=1S/C46H52N4O6S/c1-34-12-22-42(23-13-34)57(53,54)48-43(28-35-8-4-2-5-9-35)45(52)47-30-36-14-20-40(21-15-36)46-55-41(29-44(56-46)39-18-16-38(33-51)17-19-39)32-50-26-24-49(25-27-50)31-37-10-6-3-7-11-37/h2-23,41,43-44,46,48,51H,24-33H2,1H3,(H,47,52)/t41-,43+,44+,46+/m0/s1. The van der Waals surface area contributed by atoms with Crippen molar-refractivity contribution in [2.24, 2.45) is 0 Å². The fourth-order valence-electron chi connectivity index (χ4n) is 7.41. The molecule has 5 aromatic rings. The molecule has 0 spiro atoms. The molecule has 2 aliphatic rings. The maximum Gasteiger partial charge on any atom is 0.241 e. The average molecular weight is 789 g/mol. The van der Waals surface area contributed by atoms with Crippen LogP contribution in [0.15, 0.2) is 138 Å². The molecule has 3 N–H and O–H groups in total. The number of rotatable bonds is 15. The highest BCUT2D eigenvalue weighted by Crippen LogP contribution is 2.38. The number of ether oxygens (including phenoxy) is 2. The topological polar surface area (TPSA) is 120 Å². The molecule has 0 bridgehead atoms. The first kappa shape index (κ1) is 40.5. The van der Waals surface area contributed by atoms with Crippen LogP contribution < -0.4 is 10.0 Å². The van der Waals surface area contributed by atoms with E-state index in [9.17, 15) is 18.3 Å². The van der Waals surface area contributed by atoms with Crippen LogP contribution in [0.25, 0.3) is 0 Å². The number of hydrogen-bond acceptors (Lipinski definition) is 8. The molecule has 57 heavy (non-hydrogen) atoms. The third kappa shape index (κ3) is 11.2. The summed E-state index contributed by atoms with van der Waals surface area (Å²) in [6.45, 7) is 7.77. The minimum Gasteiger partial charge on any atom is -0.392 e. The lowest BCUT2D eigenvalue weighted by Crippen LogP contribution is -2.49. The number of aliphatic hydroxyl groups is 1. The minimum atomic E-state index is -3.95. The third-order valence-electron chi connectivity index (χ3n) is 10.7. The normalized spacial score (nSPS) is 19.9. The van der Waals surface area contributed by atoms with E-state index < -0.39 is 28.3 Å². The van der Waals surface area contributed by atoms with Crippen molar-refractivity contribution in [2.75, 3.05) is 32.7 Å². The van der Waals surface area contributed by atoms with Gasteiger partial charge in [-0.2, -0.15) is 4.72 Å². The molecule has 2 heterocycles. The zero-order chi connectivity index (χ0) is 39.6. The molecule has 0 unspecified atom stereocenters. The van der Waals surface area contributed by atoms with Gasteiger partial charge in [-0.1, -0.05) is 127 Å². The van der Waals surface area contributed by atoms with Crippen LogP contribution in [0.4, 0.5) is 0 Å². The second kappa shape index (κ2) is 19.1. The maximum atomic E-state index is 13.6. The number of piperazine rings is 1. The Morgan fingerprint density at radius 3 is 1.96 bits per heavy atom. The number of carbonyl (C=O) groups is 1. The van der Waals surface area contributed by atoms with Gasteiger partial charge in [0.05, 0.1) is 23.7 Å². The number of hydrogen-bond donors (Lipinski definition) is 3. The first-order valence-electron chi connectivity index (χ1n) is 19.7. The Bertz CT molecular complexity index is 2130. The van der Waals surface area contributed by atoms with Gasteiger partial charge in [0.15, 0.2) is 6.29 Å². The lowest BCUT2D eigenvalue weighted by Gasteiger charge is -2.40. The summed E-state index contributed by atoms with van der Waals surface area (Å²) >= 11 is 0. The van der Waals surface area contributed by atoms with E-state index >= 15 is 0 Å². The van der Waals surface area contributed by atoms with Crippen LogP contribution in [0.1, 0.15) is 57.8 Å². The van der Waals surface area contributed by atoms with Crippen molar-refractivity contribution >= 4 is 15.9 Å². The van der Waals surface area contributed by atoms with Crippen LogP contribution in [0.3, 0.4) is 0 Å². The summed E-state index contributed by atoms with van der Waals surface area (Å²) in [6, 6.07) is 41.2. The van der Waals surface area contributed by atoms with Gasteiger partial charge in [0.2, 0.25) is 15.9 Å². The molecule has 10 nitrogen and oxygen atoms in total. The number of amides is 1. The number of aliphatic hydroxyl groups excluding tert-OH is 1. The van der Waals surface area contributed by atoms with Gasteiger partial charge in [-0.05, 0) is 53.3 Å². The summed E-state index contributed by atoms with van der Waals surface area (Å²) in [5.41, 5.74) is 6.73. The minimum absolute atomic E-state index is 0.0139. The van der Waals surface area contributed by atoms with Crippen molar-refractivity contribution in [1.29, 1.82) is 0 Å². The van der Waals surface area contributed by atoms with Crippen molar-refractivity contribution in [1.82, 2.24) is 19.8 Å². The number of nitrogens with one attached hydrogen (secondary N) is 2. The van der Waals surface area contributed by atoms with Crippen molar-refractivity contribution in [3.05, 3.63) is 172 Å². The number of nitrogens with zero attached hydrogens (tertiary/aromatic N) is 2. The summed E-state index contributed by atoms with van der Waals surface area (Å²) in [5, 5.41) is 12.6. The van der Waals surface area contributed by atoms with Gasteiger partial charge in [-0.15, -0.1) is 0 Å². The van der Waals surface area contributed by atoms with Crippen molar-refractivity contribution < 1.29 is 27.8 Å². The lowest BCUT2D eigenvalue weighted by molar-refractivity contribution is -0.253. The molecule has 2 aliphatic heterocycles. The predicted octanol–water partition coefficient (Wildman–Crippen LogP) is 6.06. The summed E-state index contributed by atoms with van der Waals surface area (Å²) < 4.78 is 42.6. The Hall–Kier alpha value is -4.72. The average Bonchev–Trinajstić information content (AvgIpc) is 3.24. The van der Waals surface area contributed by atoms with E-state index in [1.165, 1.54) is 5.56 Å². The zero-order valence-corrected chi connectivity index (χ0v) is 33.2. The van der Waals surface area contributed by atoms with E-state index in [-0.39, 0.29) is 36.7 Å². The molecular formula is C46H52N4O6S. The number of aryl methyl sites for hydroxylation is 1. The molecule has 0 aromatic heterocycles. The smallest absolute Gasteiger partial charge is 0.241 e. The van der Waals surface area contributed by atoms with Crippen LogP contribution >= 0.6 is 0 Å². The first-order valence-corrected chi connectivity index (χ1v) is 21.2. The molecule has 298 valence electrons. The van der Waals surface area contributed by atoms with E-state index in [1.807, 2.05) is 85.8 Å². The molecular weight excluding hydrogens is 737 g/mol. The molecule has 0 aliphatic carbocycles. The van der Waals surface area contributed by atoms with Crippen molar-refractivity contribution in [2.45, 2.75) is 68.9 Å². The van der Waals surface area contributed by atoms with Crippen LogP contribution in [0, 0.1) is 6.92 Å². The number of carbonyl (C=O) groups excluding carboxylic acids is 1. The van der Waals surface area contributed by atoms with Gasteiger partial charge in [0.1, 0.15) is 6.04 Å². The highest BCUT2D eigenvalue weighted by atomic mass is 32.2. The van der Waals surface area contributed by atoms with E-state index in [1.54, 1.807) is 24.3 Å². The predicted molar refractivity (Wildman–Crippen MR) is 220 cm³/mol. The van der Waals surface area contributed by atoms with Gasteiger partial charge in [0, 0.05) is 57.8 Å². The first-order chi connectivity index (χ1) is 27.7. The fraction of sp³-hybridized carbons (Fsp3) is 0.326. The molecule has 2 saturated heterocycles. The largest absolute Gasteiger partial charge is 0.392 e. The number of sulfonamides is 1. The molecule has 11 heteroatoms. The molecule has 2 fully saturated rings. The molecule has 1 amide bonds. The van der Waals surface area contributed by atoms with Gasteiger partial charge in [0.25, 0.3) is 0 Å². The Morgan fingerprint density at radius 1 is 0.719 bits per heavy atom. The summed E-state index contributed by atoms with van der Waals surface area (Å²) in [4.78, 5) is 18.7. The molecule has 0 saturated carbocycles. The Morgan fingerprint density at radius 2 is 1.32 bits per heavy atom.